The molecule has 0 aromatic heterocycles. The molecule has 2 aromatic carbocycles. The average molecular weight is 313 g/mol. The second kappa shape index (κ2) is 7.49. The molecule has 0 saturated heterocycles. The number of aryl methyl sites for hydroxylation is 1. The molecule has 0 bridgehead atoms. The molecule has 4 heteroatoms. The number of ether oxygens (including phenoxy) is 1. The zero-order chi connectivity index (χ0) is 16.1. The summed E-state index contributed by atoms with van der Waals surface area (Å²) < 4.78 is 5.52. The smallest absolute Gasteiger partial charge is 0.119 e. The fourth-order valence-electron chi connectivity index (χ4n) is 2.97. The van der Waals surface area contributed by atoms with Crippen LogP contribution in [0.4, 0.5) is 0 Å². The summed E-state index contributed by atoms with van der Waals surface area (Å²) in [6, 6.07) is 15.5. The summed E-state index contributed by atoms with van der Waals surface area (Å²) in [5.41, 5.74) is 2.85. The number of phenols is 1. The van der Waals surface area contributed by atoms with Crippen LogP contribution in [-0.2, 0) is 12.8 Å². The number of rotatable bonds is 6. The molecule has 122 valence electrons. The number of hydrogen-bond acceptors (Lipinski definition) is 4. The largest absolute Gasteiger partial charge is 0.508 e. The van der Waals surface area contributed by atoms with Crippen LogP contribution in [-0.4, -0.2) is 35.5 Å². The van der Waals surface area contributed by atoms with E-state index < -0.39 is 6.10 Å². The summed E-state index contributed by atoms with van der Waals surface area (Å²) in [5, 5.41) is 22.7. The number of aliphatic hydroxyl groups is 1. The number of hydrogen-bond donors (Lipinski definition) is 3. The van der Waals surface area contributed by atoms with Crippen molar-refractivity contribution < 1.29 is 14.9 Å². The molecule has 3 N–H and O–H groups in total. The van der Waals surface area contributed by atoms with Crippen LogP contribution in [0.15, 0.2) is 48.5 Å². The third kappa shape index (κ3) is 4.47. The lowest BCUT2D eigenvalue weighted by molar-refractivity contribution is 0.103. The molecule has 2 aromatic rings. The Morgan fingerprint density at radius 3 is 2.61 bits per heavy atom. The highest BCUT2D eigenvalue weighted by molar-refractivity contribution is 5.31. The zero-order valence-corrected chi connectivity index (χ0v) is 13.1. The first-order chi connectivity index (χ1) is 11.2. The van der Waals surface area contributed by atoms with Crippen LogP contribution in [0, 0.1) is 0 Å². The van der Waals surface area contributed by atoms with Crippen LogP contribution >= 0.6 is 0 Å². The predicted octanol–water partition coefficient (Wildman–Crippen LogP) is 2.28. The van der Waals surface area contributed by atoms with E-state index in [0.717, 1.165) is 19.3 Å². The SMILES string of the molecule is Oc1ccc(OCC(O)CNC2CCc3ccccc3C2)cc1. The lowest BCUT2D eigenvalue weighted by atomic mass is 9.88. The molecule has 2 unspecified atom stereocenters. The Kier molecular flexibility index (Phi) is 5.16. The summed E-state index contributed by atoms with van der Waals surface area (Å²) in [6.07, 6.45) is 2.65. The second-order valence-corrected chi connectivity index (χ2v) is 6.08. The normalized spacial score (nSPS) is 18.2. The van der Waals surface area contributed by atoms with Crippen molar-refractivity contribution in [3.63, 3.8) is 0 Å². The molecule has 4 nitrogen and oxygen atoms in total. The van der Waals surface area contributed by atoms with Gasteiger partial charge in [-0.15, -0.1) is 0 Å². The molecule has 1 aliphatic carbocycles. The van der Waals surface area contributed by atoms with Crippen molar-refractivity contribution in [2.75, 3.05) is 13.2 Å². The van der Waals surface area contributed by atoms with Crippen molar-refractivity contribution >= 4 is 0 Å². The van der Waals surface area contributed by atoms with Gasteiger partial charge in [0.05, 0.1) is 0 Å². The molecule has 0 amide bonds. The zero-order valence-electron chi connectivity index (χ0n) is 13.1. The fraction of sp³-hybridized carbons (Fsp3) is 0.368. The molecule has 0 spiro atoms. The average Bonchev–Trinajstić information content (AvgIpc) is 2.59. The minimum absolute atomic E-state index is 0.206. The van der Waals surface area contributed by atoms with Gasteiger partial charge in [0.15, 0.2) is 0 Å². The topological polar surface area (TPSA) is 61.7 Å². The van der Waals surface area contributed by atoms with E-state index in [1.54, 1.807) is 24.3 Å². The van der Waals surface area contributed by atoms with E-state index in [1.807, 2.05) is 0 Å². The van der Waals surface area contributed by atoms with Gasteiger partial charge in [-0.3, -0.25) is 0 Å². The van der Waals surface area contributed by atoms with Gasteiger partial charge in [-0.25, -0.2) is 0 Å². The molecule has 0 fully saturated rings. The van der Waals surface area contributed by atoms with E-state index in [4.69, 9.17) is 4.74 Å². The first-order valence-electron chi connectivity index (χ1n) is 8.11. The molecular formula is C19H23NO3. The second-order valence-electron chi connectivity index (χ2n) is 6.08. The lowest BCUT2D eigenvalue weighted by Gasteiger charge is -2.26. The van der Waals surface area contributed by atoms with Crippen molar-refractivity contribution in [2.24, 2.45) is 0 Å². The van der Waals surface area contributed by atoms with E-state index >= 15 is 0 Å². The van der Waals surface area contributed by atoms with E-state index in [-0.39, 0.29) is 12.4 Å². The fourth-order valence-corrected chi connectivity index (χ4v) is 2.97. The molecule has 0 heterocycles. The Hall–Kier alpha value is -2.04. The third-order valence-corrected chi connectivity index (χ3v) is 4.27. The summed E-state index contributed by atoms with van der Waals surface area (Å²) >= 11 is 0. The van der Waals surface area contributed by atoms with Gasteiger partial charge in [0.25, 0.3) is 0 Å². The lowest BCUT2D eigenvalue weighted by Crippen LogP contribution is -2.40. The third-order valence-electron chi connectivity index (χ3n) is 4.27. The van der Waals surface area contributed by atoms with Crippen LogP contribution in [0.3, 0.4) is 0 Å². The van der Waals surface area contributed by atoms with Gasteiger partial charge in [0.1, 0.15) is 24.2 Å². The van der Waals surface area contributed by atoms with Crippen LogP contribution in [0.1, 0.15) is 17.5 Å². The Bertz CT molecular complexity index is 627. The molecule has 2 atom stereocenters. The minimum Gasteiger partial charge on any atom is -0.508 e. The monoisotopic (exact) mass is 313 g/mol. The summed E-state index contributed by atoms with van der Waals surface area (Å²) in [7, 11) is 0. The number of aliphatic hydroxyl groups excluding tert-OH is 1. The Morgan fingerprint density at radius 1 is 1.09 bits per heavy atom. The first kappa shape index (κ1) is 15.8. The summed E-state index contributed by atoms with van der Waals surface area (Å²) in [4.78, 5) is 0. The first-order valence-corrected chi connectivity index (χ1v) is 8.11. The van der Waals surface area contributed by atoms with E-state index in [2.05, 4.69) is 29.6 Å². The summed E-state index contributed by atoms with van der Waals surface area (Å²) in [5.74, 6) is 0.852. The standard InChI is InChI=1S/C19H23NO3/c21-17-7-9-19(10-8-17)23-13-18(22)12-20-16-6-5-14-3-1-2-4-15(14)11-16/h1-4,7-10,16,18,20-22H,5-6,11-13H2. The number of aromatic hydroxyl groups is 1. The van der Waals surface area contributed by atoms with Crippen LogP contribution in [0.25, 0.3) is 0 Å². The molecule has 0 saturated carbocycles. The van der Waals surface area contributed by atoms with Crippen molar-refractivity contribution in [3.05, 3.63) is 59.7 Å². The highest BCUT2D eigenvalue weighted by Crippen LogP contribution is 2.21. The molecular weight excluding hydrogens is 290 g/mol. The van der Waals surface area contributed by atoms with Crippen LogP contribution < -0.4 is 10.1 Å². The van der Waals surface area contributed by atoms with Crippen LogP contribution in [0.2, 0.25) is 0 Å². The number of nitrogens with one attached hydrogen (secondary N) is 1. The highest BCUT2D eigenvalue weighted by atomic mass is 16.5. The van der Waals surface area contributed by atoms with E-state index in [1.165, 1.54) is 11.1 Å². The van der Waals surface area contributed by atoms with Gasteiger partial charge >= 0.3 is 0 Å². The maximum Gasteiger partial charge on any atom is 0.119 e. The van der Waals surface area contributed by atoms with Crippen molar-refractivity contribution in [3.8, 4) is 11.5 Å². The van der Waals surface area contributed by atoms with E-state index in [0.29, 0.717) is 18.3 Å². The maximum absolute atomic E-state index is 10.1. The van der Waals surface area contributed by atoms with Gasteiger partial charge in [-0.2, -0.15) is 0 Å². The number of fused-ring (bicyclic) bond motifs is 1. The van der Waals surface area contributed by atoms with Gasteiger partial charge in [0.2, 0.25) is 0 Å². The quantitative estimate of drug-likeness (QED) is 0.766. The van der Waals surface area contributed by atoms with Gasteiger partial charge < -0.3 is 20.3 Å². The molecule has 3 rings (SSSR count). The van der Waals surface area contributed by atoms with Gasteiger partial charge in [-0.1, -0.05) is 24.3 Å². The number of benzene rings is 2. The Morgan fingerprint density at radius 2 is 1.83 bits per heavy atom. The molecule has 0 radical (unpaired) electrons. The van der Waals surface area contributed by atoms with Gasteiger partial charge in [-0.05, 0) is 54.7 Å². The molecule has 0 aliphatic heterocycles. The maximum atomic E-state index is 10.1. The van der Waals surface area contributed by atoms with Crippen LogP contribution in [0.5, 0.6) is 11.5 Å². The van der Waals surface area contributed by atoms with E-state index in [9.17, 15) is 10.2 Å². The predicted molar refractivity (Wildman–Crippen MR) is 89.9 cm³/mol. The molecule has 23 heavy (non-hydrogen) atoms. The molecule has 1 aliphatic rings. The van der Waals surface area contributed by atoms with Gasteiger partial charge in [0, 0.05) is 12.6 Å². The minimum atomic E-state index is -0.555. The highest BCUT2D eigenvalue weighted by Gasteiger charge is 2.18. The Labute approximate surface area is 136 Å². The van der Waals surface area contributed by atoms with Crippen molar-refractivity contribution in [2.45, 2.75) is 31.4 Å². The Balaban J connectivity index is 1.41. The van der Waals surface area contributed by atoms with Crippen molar-refractivity contribution in [1.82, 2.24) is 5.32 Å². The number of phenolic OH excluding ortho intramolecular Hbond substituents is 1. The summed E-state index contributed by atoms with van der Waals surface area (Å²) in [6.45, 7) is 0.756. The van der Waals surface area contributed by atoms with Crippen molar-refractivity contribution in [1.29, 1.82) is 0 Å².